The van der Waals surface area contributed by atoms with Gasteiger partial charge in [0.05, 0.1) is 0 Å². The van der Waals surface area contributed by atoms with Crippen LogP contribution in [0.5, 0.6) is 0 Å². The SMILES string of the molecule is CC(C)(C)OC=O.I[C@H]1CCCNC1. The molecule has 1 saturated heterocycles. The van der Waals surface area contributed by atoms with Gasteiger partial charge in [0.2, 0.25) is 0 Å². The van der Waals surface area contributed by atoms with Crippen LogP contribution >= 0.6 is 22.6 Å². The minimum absolute atomic E-state index is 0.318. The van der Waals surface area contributed by atoms with Crippen molar-refractivity contribution in [1.29, 1.82) is 0 Å². The Kier molecular flexibility index (Phi) is 7.54. The van der Waals surface area contributed by atoms with Crippen LogP contribution in [-0.4, -0.2) is 29.1 Å². The van der Waals surface area contributed by atoms with Gasteiger partial charge < -0.3 is 10.1 Å². The van der Waals surface area contributed by atoms with E-state index < -0.39 is 0 Å². The summed E-state index contributed by atoms with van der Waals surface area (Å²) in [7, 11) is 0. The van der Waals surface area contributed by atoms with E-state index in [1.54, 1.807) is 0 Å². The molecule has 1 aliphatic heterocycles. The summed E-state index contributed by atoms with van der Waals surface area (Å²) in [5.74, 6) is 0. The highest BCUT2D eigenvalue weighted by Gasteiger charge is 2.07. The first-order valence-electron chi connectivity index (χ1n) is 4.92. The summed E-state index contributed by atoms with van der Waals surface area (Å²) in [5.41, 5.74) is -0.318. The molecule has 1 rings (SSSR count). The van der Waals surface area contributed by atoms with Gasteiger partial charge in [-0.1, -0.05) is 22.6 Å². The first-order chi connectivity index (χ1) is 6.45. The van der Waals surface area contributed by atoms with Crippen molar-refractivity contribution in [2.75, 3.05) is 13.1 Å². The summed E-state index contributed by atoms with van der Waals surface area (Å²) in [6, 6.07) is 0. The van der Waals surface area contributed by atoms with Gasteiger partial charge in [-0.3, -0.25) is 4.79 Å². The van der Waals surface area contributed by atoms with E-state index in [0.717, 1.165) is 3.92 Å². The number of nitrogens with one attached hydrogen (secondary N) is 1. The van der Waals surface area contributed by atoms with Gasteiger partial charge in [0.1, 0.15) is 5.60 Å². The molecule has 0 aromatic carbocycles. The Balaban J connectivity index is 0.000000241. The van der Waals surface area contributed by atoms with Crippen LogP contribution in [0.25, 0.3) is 0 Å². The second-order valence-corrected chi connectivity index (χ2v) is 6.03. The van der Waals surface area contributed by atoms with Crippen LogP contribution in [0.3, 0.4) is 0 Å². The van der Waals surface area contributed by atoms with Crippen molar-refractivity contribution in [2.45, 2.75) is 43.1 Å². The van der Waals surface area contributed by atoms with Gasteiger partial charge in [-0.05, 0) is 40.2 Å². The summed E-state index contributed by atoms with van der Waals surface area (Å²) in [4.78, 5) is 9.60. The summed E-state index contributed by atoms with van der Waals surface area (Å²) in [6.45, 7) is 8.38. The van der Waals surface area contributed by atoms with E-state index in [4.69, 9.17) is 0 Å². The zero-order chi connectivity index (χ0) is 11.0. The average molecular weight is 313 g/mol. The highest BCUT2D eigenvalue weighted by atomic mass is 127. The van der Waals surface area contributed by atoms with Crippen LogP contribution in [0.15, 0.2) is 0 Å². The Labute approximate surface area is 100 Å². The Morgan fingerprint density at radius 3 is 2.29 bits per heavy atom. The van der Waals surface area contributed by atoms with E-state index >= 15 is 0 Å². The molecular formula is C10H20INO2. The third-order valence-corrected chi connectivity index (χ3v) is 2.70. The lowest BCUT2D eigenvalue weighted by Crippen LogP contribution is -2.29. The van der Waals surface area contributed by atoms with Crippen LogP contribution in [-0.2, 0) is 9.53 Å². The number of rotatable bonds is 1. The second-order valence-electron chi connectivity index (χ2n) is 4.27. The van der Waals surface area contributed by atoms with Gasteiger partial charge >= 0.3 is 0 Å². The van der Waals surface area contributed by atoms with Crippen LogP contribution in [0, 0.1) is 0 Å². The molecule has 1 fully saturated rings. The maximum absolute atomic E-state index is 9.60. The quantitative estimate of drug-likeness (QED) is 0.458. The molecule has 0 saturated carbocycles. The number of carbonyl (C=O) groups is 1. The average Bonchev–Trinajstić information content (AvgIpc) is 2.04. The Morgan fingerprint density at radius 1 is 1.50 bits per heavy atom. The molecule has 0 spiro atoms. The molecule has 84 valence electrons. The fourth-order valence-electron chi connectivity index (χ4n) is 0.954. The molecule has 0 aromatic rings. The first kappa shape index (κ1) is 14.2. The smallest absolute Gasteiger partial charge is 0.293 e. The number of piperidine rings is 1. The molecule has 1 atom stereocenters. The van der Waals surface area contributed by atoms with E-state index in [1.165, 1.54) is 25.9 Å². The van der Waals surface area contributed by atoms with Crippen molar-refractivity contribution in [3.8, 4) is 0 Å². The predicted molar refractivity (Wildman–Crippen MR) is 66.8 cm³/mol. The van der Waals surface area contributed by atoms with Crippen molar-refractivity contribution in [1.82, 2.24) is 5.32 Å². The van der Waals surface area contributed by atoms with Crippen molar-refractivity contribution in [2.24, 2.45) is 0 Å². The zero-order valence-corrected chi connectivity index (χ0v) is 11.3. The fraction of sp³-hybridized carbons (Fsp3) is 0.900. The van der Waals surface area contributed by atoms with E-state index in [9.17, 15) is 4.79 Å². The Bertz CT molecular complexity index is 151. The topological polar surface area (TPSA) is 38.3 Å². The fourth-order valence-corrected chi connectivity index (χ4v) is 1.71. The number of ether oxygens (including phenoxy) is 1. The second kappa shape index (κ2) is 7.45. The summed E-state index contributed by atoms with van der Waals surface area (Å²) < 4.78 is 5.44. The Morgan fingerprint density at radius 2 is 2.14 bits per heavy atom. The lowest BCUT2D eigenvalue weighted by atomic mass is 10.2. The van der Waals surface area contributed by atoms with Gasteiger partial charge in [-0.2, -0.15) is 0 Å². The Hall–Kier alpha value is 0.160. The molecule has 0 bridgehead atoms. The zero-order valence-electron chi connectivity index (χ0n) is 9.18. The highest BCUT2D eigenvalue weighted by molar-refractivity contribution is 14.1. The van der Waals surface area contributed by atoms with Crippen molar-refractivity contribution < 1.29 is 9.53 Å². The van der Waals surface area contributed by atoms with Crippen molar-refractivity contribution >= 4 is 29.1 Å². The molecule has 1 N–H and O–H groups in total. The third kappa shape index (κ3) is 10.2. The number of halogens is 1. The van der Waals surface area contributed by atoms with Crippen molar-refractivity contribution in [3.05, 3.63) is 0 Å². The van der Waals surface area contributed by atoms with E-state index in [1.807, 2.05) is 20.8 Å². The normalized spacial score (nSPS) is 21.9. The number of hydrogen-bond donors (Lipinski definition) is 1. The molecule has 0 radical (unpaired) electrons. The van der Waals surface area contributed by atoms with Crippen LogP contribution < -0.4 is 5.32 Å². The molecule has 14 heavy (non-hydrogen) atoms. The van der Waals surface area contributed by atoms with Gasteiger partial charge in [-0.15, -0.1) is 0 Å². The number of carbonyl (C=O) groups excluding carboxylic acids is 1. The predicted octanol–water partition coefficient (Wildman–Crippen LogP) is 2.13. The third-order valence-electron chi connectivity index (χ3n) is 1.64. The van der Waals surface area contributed by atoms with Crippen LogP contribution in [0.2, 0.25) is 0 Å². The van der Waals surface area contributed by atoms with Gasteiger partial charge in [-0.25, -0.2) is 0 Å². The van der Waals surface area contributed by atoms with E-state index in [2.05, 4.69) is 32.6 Å². The van der Waals surface area contributed by atoms with Crippen LogP contribution in [0.4, 0.5) is 0 Å². The summed E-state index contributed by atoms with van der Waals surface area (Å²) in [5, 5.41) is 3.33. The largest absolute Gasteiger partial charge is 0.462 e. The van der Waals surface area contributed by atoms with Gasteiger partial charge in [0.15, 0.2) is 0 Å². The van der Waals surface area contributed by atoms with Gasteiger partial charge in [0, 0.05) is 10.5 Å². The molecule has 0 aliphatic carbocycles. The lowest BCUT2D eigenvalue weighted by molar-refractivity contribution is -0.138. The summed E-state index contributed by atoms with van der Waals surface area (Å²) in [6.07, 6.45) is 2.78. The van der Waals surface area contributed by atoms with Gasteiger partial charge in [0.25, 0.3) is 6.47 Å². The molecule has 1 aliphatic rings. The highest BCUT2D eigenvalue weighted by Crippen LogP contribution is 2.09. The lowest BCUT2D eigenvalue weighted by Gasteiger charge is -2.16. The molecule has 0 unspecified atom stereocenters. The number of hydrogen-bond acceptors (Lipinski definition) is 3. The van der Waals surface area contributed by atoms with Crippen molar-refractivity contribution in [3.63, 3.8) is 0 Å². The molecule has 4 heteroatoms. The van der Waals surface area contributed by atoms with Crippen LogP contribution in [0.1, 0.15) is 33.6 Å². The monoisotopic (exact) mass is 313 g/mol. The summed E-state index contributed by atoms with van der Waals surface area (Å²) >= 11 is 2.49. The molecule has 3 nitrogen and oxygen atoms in total. The van der Waals surface area contributed by atoms with E-state index in [-0.39, 0.29) is 5.60 Å². The minimum atomic E-state index is -0.318. The maximum atomic E-state index is 9.60. The first-order valence-corrected chi connectivity index (χ1v) is 6.16. The molecule has 1 heterocycles. The molecular weight excluding hydrogens is 293 g/mol. The van der Waals surface area contributed by atoms with E-state index in [0.29, 0.717) is 6.47 Å². The molecule has 0 amide bonds. The standard InChI is InChI=1S/C5H10IN.C5H10O2/c6-5-2-1-3-7-4-5;1-5(2,3)7-4-6/h5,7H,1-4H2;4H,1-3H3/t5-;/m0./s1. The minimum Gasteiger partial charge on any atom is -0.462 e. The molecule has 0 aromatic heterocycles. The number of alkyl halides is 1. The maximum Gasteiger partial charge on any atom is 0.293 e.